The Morgan fingerprint density at radius 2 is 1.93 bits per heavy atom. The van der Waals surface area contributed by atoms with Crippen molar-refractivity contribution >= 4 is 11.9 Å². The van der Waals surface area contributed by atoms with Crippen LogP contribution in [0.1, 0.15) is 22.8 Å². The van der Waals surface area contributed by atoms with Crippen LogP contribution in [0.3, 0.4) is 0 Å². The summed E-state index contributed by atoms with van der Waals surface area (Å²) >= 11 is 0. The van der Waals surface area contributed by atoms with Gasteiger partial charge in [0.1, 0.15) is 5.75 Å². The first-order valence-corrected chi connectivity index (χ1v) is 4.42. The molecule has 0 saturated carbocycles. The minimum absolute atomic E-state index is 0.389. The van der Waals surface area contributed by atoms with Gasteiger partial charge in [-0.1, -0.05) is 0 Å². The fourth-order valence-corrected chi connectivity index (χ4v) is 1.20. The number of hydrogen-bond acceptors (Lipinski definition) is 4. The molecule has 80 valence electrons. The standard InChI is InChI=1S/C11H12O4/c1-7-6-9(15-8(2)12)4-5-10(7)11(13)14-3/h4-6H,1-3H3. The molecule has 0 bridgehead atoms. The molecule has 0 atom stereocenters. The molecule has 1 aromatic rings. The van der Waals surface area contributed by atoms with Gasteiger partial charge < -0.3 is 9.47 Å². The molecular formula is C11H12O4. The van der Waals surface area contributed by atoms with Gasteiger partial charge in [-0.15, -0.1) is 0 Å². The van der Waals surface area contributed by atoms with Crippen LogP contribution in [0.4, 0.5) is 0 Å². The molecule has 1 aromatic carbocycles. The quantitative estimate of drug-likeness (QED) is 0.548. The molecule has 1 rings (SSSR count). The maximum atomic E-state index is 11.2. The topological polar surface area (TPSA) is 52.6 Å². The molecule has 0 fully saturated rings. The molecule has 0 spiro atoms. The molecule has 0 aliphatic heterocycles. The first-order valence-electron chi connectivity index (χ1n) is 4.42. The molecule has 0 heterocycles. The number of benzene rings is 1. The highest BCUT2D eigenvalue weighted by Gasteiger charge is 2.10. The van der Waals surface area contributed by atoms with Crippen molar-refractivity contribution in [1.82, 2.24) is 0 Å². The molecule has 0 unspecified atom stereocenters. The monoisotopic (exact) mass is 208 g/mol. The van der Waals surface area contributed by atoms with E-state index in [1.54, 1.807) is 25.1 Å². The summed E-state index contributed by atoms with van der Waals surface area (Å²) in [6.07, 6.45) is 0. The average molecular weight is 208 g/mol. The predicted octanol–water partition coefficient (Wildman–Crippen LogP) is 1.71. The summed E-state index contributed by atoms with van der Waals surface area (Å²) in [6.45, 7) is 3.07. The summed E-state index contributed by atoms with van der Waals surface area (Å²) in [5.41, 5.74) is 1.18. The fraction of sp³-hybridized carbons (Fsp3) is 0.273. The van der Waals surface area contributed by atoms with Crippen molar-refractivity contribution in [3.05, 3.63) is 29.3 Å². The number of ether oxygens (including phenoxy) is 2. The second kappa shape index (κ2) is 4.59. The van der Waals surface area contributed by atoms with Crippen LogP contribution in [0, 0.1) is 6.92 Å². The van der Waals surface area contributed by atoms with Crippen LogP contribution in [0.15, 0.2) is 18.2 Å². The number of methoxy groups -OCH3 is 1. The second-order valence-electron chi connectivity index (χ2n) is 3.06. The van der Waals surface area contributed by atoms with Crippen molar-refractivity contribution in [2.75, 3.05) is 7.11 Å². The Balaban J connectivity index is 2.97. The Morgan fingerprint density at radius 3 is 2.40 bits per heavy atom. The third-order valence-corrected chi connectivity index (χ3v) is 1.86. The highest BCUT2D eigenvalue weighted by Crippen LogP contribution is 2.17. The lowest BCUT2D eigenvalue weighted by Crippen LogP contribution is -2.05. The van der Waals surface area contributed by atoms with E-state index in [0.29, 0.717) is 16.9 Å². The number of hydrogen-bond donors (Lipinski definition) is 0. The van der Waals surface area contributed by atoms with Gasteiger partial charge in [-0.25, -0.2) is 4.79 Å². The van der Waals surface area contributed by atoms with E-state index in [9.17, 15) is 9.59 Å². The normalized spacial score (nSPS) is 9.53. The fourth-order valence-electron chi connectivity index (χ4n) is 1.20. The maximum Gasteiger partial charge on any atom is 0.338 e. The van der Waals surface area contributed by atoms with Gasteiger partial charge in [-0.2, -0.15) is 0 Å². The summed E-state index contributed by atoms with van der Waals surface area (Å²) in [5, 5.41) is 0. The van der Waals surface area contributed by atoms with Gasteiger partial charge in [0.15, 0.2) is 0 Å². The highest BCUT2D eigenvalue weighted by molar-refractivity contribution is 5.91. The third-order valence-electron chi connectivity index (χ3n) is 1.86. The van der Waals surface area contributed by atoms with E-state index in [2.05, 4.69) is 4.74 Å². The third kappa shape index (κ3) is 2.80. The molecule has 0 aromatic heterocycles. The largest absolute Gasteiger partial charge is 0.465 e. The first-order chi connectivity index (χ1) is 7.04. The predicted molar refractivity (Wildman–Crippen MR) is 53.8 cm³/mol. The Kier molecular flexibility index (Phi) is 3.44. The Hall–Kier alpha value is -1.84. The van der Waals surface area contributed by atoms with Gasteiger partial charge >= 0.3 is 11.9 Å². The summed E-state index contributed by atoms with van der Waals surface area (Å²) in [5.74, 6) is -0.366. The minimum atomic E-state index is -0.401. The molecule has 0 amide bonds. The van der Waals surface area contributed by atoms with Gasteiger partial charge in [0.25, 0.3) is 0 Å². The Bertz CT molecular complexity index is 396. The number of carbonyl (C=O) groups excluding carboxylic acids is 2. The zero-order chi connectivity index (χ0) is 11.4. The van der Waals surface area contributed by atoms with E-state index >= 15 is 0 Å². The van der Waals surface area contributed by atoms with E-state index in [1.807, 2.05) is 0 Å². The number of aryl methyl sites for hydroxylation is 1. The second-order valence-corrected chi connectivity index (χ2v) is 3.06. The lowest BCUT2D eigenvalue weighted by atomic mass is 10.1. The van der Waals surface area contributed by atoms with Gasteiger partial charge in [0.2, 0.25) is 0 Å². The van der Waals surface area contributed by atoms with Crippen LogP contribution < -0.4 is 4.74 Å². The Morgan fingerprint density at radius 1 is 1.27 bits per heavy atom. The van der Waals surface area contributed by atoms with Crippen LogP contribution >= 0.6 is 0 Å². The van der Waals surface area contributed by atoms with Gasteiger partial charge in [-0.3, -0.25) is 4.79 Å². The van der Waals surface area contributed by atoms with Crippen LogP contribution in [-0.4, -0.2) is 19.0 Å². The van der Waals surface area contributed by atoms with Crippen LogP contribution in [0.25, 0.3) is 0 Å². The minimum Gasteiger partial charge on any atom is -0.465 e. The van der Waals surface area contributed by atoms with Crippen molar-refractivity contribution in [3.63, 3.8) is 0 Å². The molecule has 0 aliphatic rings. The van der Waals surface area contributed by atoms with Crippen molar-refractivity contribution in [3.8, 4) is 5.75 Å². The number of rotatable bonds is 2. The molecule has 15 heavy (non-hydrogen) atoms. The van der Waals surface area contributed by atoms with Crippen molar-refractivity contribution < 1.29 is 19.1 Å². The van der Waals surface area contributed by atoms with Crippen molar-refractivity contribution in [2.24, 2.45) is 0 Å². The zero-order valence-corrected chi connectivity index (χ0v) is 8.87. The Labute approximate surface area is 87.8 Å². The summed E-state index contributed by atoms with van der Waals surface area (Å²) in [4.78, 5) is 21.9. The van der Waals surface area contributed by atoms with Gasteiger partial charge in [0.05, 0.1) is 12.7 Å². The van der Waals surface area contributed by atoms with E-state index in [4.69, 9.17) is 4.74 Å². The molecule has 4 nitrogen and oxygen atoms in total. The SMILES string of the molecule is COC(=O)c1ccc(OC(C)=O)cc1C. The van der Waals surface area contributed by atoms with Gasteiger partial charge in [0, 0.05) is 6.92 Å². The summed E-state index contributed by atoms with van der Waals surface area (Å²) in [6, 6.07) is 4.74. The van der Waals surface area contributed by atoms with Crippen molar-refractivity contribution in [1.29, 1.82) is 0 Å². The van der Waals surface area contributed by atoms with Crippen LogP contribution in [-0.2, 0) is 9.53 Å². The van der Waals surface area contributed by atoms with Gasteiger partial charge in [-0.05, 0) is 30.7 Å². The maximum absolute atomic E-state index is 11.2. The molecule has 4 heteroatoms. The average Bonchev–Trinajstić information content (AvgIpc) is 2.16. The molecule has 0 radical (unpaired) electrons. The van der Waals surface area contributed by atoms with Crippen LogP contribution in [0.5, 0.6) is 5.75 Å². The smallest absolute Gasteiger partial charge is 0.338 e. The van der Waals surface area contributed by atoms with Crippen LogP contribution in [0.2, 0.25) is 0 Å². The number of esters is 2. The molecular weight excluding hydrogens is 196 g/mol. The van der Waals surface area contributed by atoms with E-state index in [0.717, 1.165) is 0 Å². The zero-order valence-electron chi connectivity index (χ0n) is 8.87. The van der Waals surface area contributed by atoms with E-state index in [-0.39, 0.29) is 5.97 Å². The summed E-state index contributed by atoms with van der Waals surface area (Å²) < 4.78 is 9.46. The molecule has 0 saturated heterocycles. The lowest BCUT2D eigenvalue weighted by molar-refractivity contribution is -0.131. The van der Waals surface area contributed by atoms with Crippen molar-refractivity contribution in [2.45, 2.75) is 13.8 Å². The lowest BCUT2D eigenvalue weighted by Gasteiger charge is -2.06. The van der Waals surface area contributed by atoms with E-state index in [1.165, 1.54) is 14.0 Å². The summed E-state index contributed by atoms with van der Waals surface area (Å²) in [7, 11) is 1.32. The van der Waals surface area contributed by atoms with E-state index < -0.39 is 5.97 Å². The molecule has 0 aliphatic carbocycles. The number of carbonyl (C=O) groups is 2. The first kappa shape index (κ1) is 11.2. The highest BCUT2D eigenvalue weighted by atomic mass is 16.5. The molecule has 0 N–H and O–H groups in total.